The number of para-hydroxylation sites is 1. The molecule has 2 rings (SSSR count). The molecule has 0 aliphatic carbocycles. The van der Waals surface area contributed by atoms with Crippen LogP contribution in [0.15, 0.2) is 47.4 Å². The zero-order valence-electron chi connectivity index (χ0n) is 10.9. The highest BCUT2D eigenvalue weighted by Gasteiger charge is 2.10. The van der Waals surface area contributed by atoms with E-state index in [2.05, 4.69) is 16.1 Å². The van der Waals surface area contributed by atoms with Crippen LogP contribution in [0.2, 0.25) is 0 Å². The van der Waals surface area contributed by atoms with Crippen molar-refractivity contribution in [3.8, 4) is 5.75 Å². The summed E-state index contributed by atoms with van der Waals surface area (Å²) in [6.07, 6.45) is 1.94. The minimum atomic E-state index is -2.82. The van der Waals surface area contributed by atoms with Crippen LogP contribution in [-0.2, 0) is 6.54 Å². The van der Waals surface area contributed by atoms with E-state index in [9.17, 15) is 8.78 Å². The number of hydrogen-bond donors (Lipinski definition) is 1. The molecule has 20 heavy (non-hydrogen) atoms. The van der Waals surface area contributed by atoms with E-state index >= 15 is 0 Å². The van der Waals surface area contributed by atoms with Crippen LogP contribution in [0.5, 0.6) is 5.75 Å². The molecule has 0 saturated carbocycles. The molecule has 105 valence electrons. The third-order valence-corrected chi connectivity index (χ3v) is 3.39. The van der Waals surface area contributed by atoms with Gasteiger partial charge in [0.15, 0.2) is 0 Å². The average Bonchev–Trinajstić information content (AvgIpc) is 2.47. The predicted molar refractivity (Wildman–Crippen MR) is 77.5 cm³/mol. The number of nitrogens with one attached hydrogen (secondary N) is 1. The van der Waals surface area contributed by atoms with Crippen molar-refractivity contribution < 1.29 is 13.5 Å². The Kier molecular flexibility index (Phi) is 5.24. The molecule has 2 aromatic carbocycles. The predicted octanol–water partition coefficient (Wildman–Crippen LogP) is 4.42. The Morgan fingerprint density at radius 1 is 1.30 bits per heavy atom. The number of anilines is 1. The van der Waals surface area contributed by atoms with E-state index in [4.69, 9.17) is 0 Å². The lowest BCUT2D eigenvalue weighted by molar-refractivity contribution is -0.0504. The molecule has 5 heteroatoms. The maximum absolute atomic E-state index is 12.4. The molecule has 0 aliphatic rings. The molecule has 0 saturated heterocycles. The summed E-state index contributed by atoms with van der Waals surface area (Å²) >= 11 is 1.55. The van der Waals surface area contributed by atoms with Gasteiger partial charge in [-0.05, 0) is 30.5 Å². The van der Waals surface area contributed by atoms with Crippen molar-refractivity contribution in [1.82, 2.24) is 0 Å². The quantitative estimate of drug-likeness (QED) is 0.797. The van der Waals surface area contributed by atoms with Gasteiger partial charge in [0.2, 0.25) is 0 Å². The monoisotopic (exact) mass is 294 g/mol. The molecular weight excluding hydrogens is 280 g/mol. The summed E-state index contributed by atoms with van der Waals surface area (Å²) in [6.45, 7) is -2.42. The van der Waals surface area contributed by atoms with Crippen molar-refractivity contribution >= 4 is 17.4 Å². The Balaban J connectivity index is 2.15. The van der Waals surface area contributed by atoms with Crippen LogP contribution in [0.1, 0.15) is 5.56 Å². The van der Waals surface area contributed by atoms with Gasteiger partial charge in [-0.25, -0.2) is 0 Å². The largest absolute Gasteiger partial charge is 0.434 e. The molecule has 1 N–H and O–H groups in total. The van der Waals surface area contributed by atoms with Crippen molar-refractivity contribution in [2.45, 2.75) is 18.1 Å². The number of ether oxygens (including phenoxy) is 1. The van der Waals surface area contributed by atoms with E-state index in [1.165, 1.54) is 0 Å². The molecule has 0 aliphatic heterocycles. The Hall–Kier alpha value is -1.75. The van der Waals surface area contributed by atoms with Gasteiger partial charge >= 0.3 is 6.61 Å². The summed E-state index contributed by atoms with van der Waals surface area (Å²) in [5.74, 6) is 0.196. The van der Waals surface area contributed by atoms with Gasteiger partial charge < -0.3 is 10.1 Å². The molecule has 0 spiro atoms. The first-order chi connectivity index (χ1) is 9.69. The first-order valence-electron chi connectivity index (χ1n) is 6.01. The number of thioether (sulfide) groups is 1. The summed E-state index contributed by atoms with van der Waals surface area (Å²) in [4.78, 5) is 1.00. The second-order valence-corrected chi connectivity index (χ2v) is 4.86. The van der Waals surface area contributed by atoms with Crippen LogP contribution in [0.25, 0.3) is 0 Å². The average molecular weight is 294 g/mol. The zero-order chi connectivity index (χ0) is 14.4. The van der Waals surface area contributed by atoms with Crippen LogP contribution < -0.4 is 10.1 Å². The van der Waals surface area contributed by atoms with Crippen LogP contribution in [0.3, 0.4) is 0 Å². The third-order valence-electron chi connectivity index (χ3n) is 2.66. The molecule has 2 nitrogen and oxygen atoms in total. The fourth-order valence-electron chi connectivity index (χ4n) is 1.73. The summed E-state index contributed by atoms with van der Waals surface area (Å²) in [5, 5.41) is 3.14. The molecule has 2 aromatic rings. The number of rotatable bonds is 6. The normalized spacial score (nSPS) is 10.6. The number of halogens is 2. The van der Waals surface area contributed by atoms with Gasteiger partial charge in [-0.1, -0.05) is 18.2 Å². The first-order valence-corrected chi connectivity index (χ1v) is 7.24. The van der Waals surface area contributed by atoms with Gasteiger partial charge in [0.05, 0.1) is 0 Å². The first kappa shape index (κ1) is 14.7. The molecule has 0 amide bonds. The fourth-order valence-corrected chi connectivity index (χ4v) is 2.19. The topological polar surface area (TPSA) is 21.3 Å². The van der Waals surface area contributed by atoms with E-state index in [0.717, 1.165) is 10.6 Å². The molecule has 0 heterocycles. The van der Waals surface area contributed by atoms with Crippen molar-refractivity contribution in [3.63, 3.8) is 0 Å². The zero-order valence-corrected chi connectivity index (χ0v) is 11.7. The highest BCUT2D eigenvalue weighted by atomic mass is 32.2. The Bertz CT molecular complexity index is 549. The molecule has 0 aromatic heterocycles. The van der Waals surface area contributed by atoms with Crippen molar-refractivity contribution in [2.75, 3.05) is 11.6 Å². The maximum atomic E-state index is 12.4. The maximum Gasteiger partial charge on any atom is 0.387 e. The van der Waals surface area contributed by atoms with E-state index in [-0.39, 0.29) is 5.75 Å². The number of benzene rings is 2. The van der Waals surface area contributed by atoms with E-state index in [1.807, 2.05) is 30.5 Å². The molecule has 0 unspecified atom stereocenters. The lowest BCUT2D eigenvalue weighted by Gasteiger charge is -2.13. The summed E-state index contributed by atoms with van der Waals surface area (Å²) < 4.78 is 29.3. The van der Waals surface area contributed by atoms with Gasteiger partial charge in [0.25, 0.3) is 0 Å². The van der Waals surface area contributed by atoms with Crippen molar-refractivity contribution in [3.05, 3.63) is 54.1 Å². The summed E-state index contributed by atoms with van der Waals surface area (Å²) in [6, 6.07) is 15.6. The molecule has 0 atom stereocenters. The van der Waals surface area contributed by atoms with Gasteiger partial charge in [-0.3, -0.25) is 0 Å². The second-order valence-electron chi connectivity index (χ2n) is 3.98. The van der Waals surface area contributed by atoms with E-state index < -0.39 is 6.61 Å². The van der Waals surface area contributed by atoms with Crippen LogP contribution in [0.4, 0.5) is 14.5 Å². The fraction of sp³-hybridized carbons (Fsp3) is 0.200. The second kappa shape index (κ2) is 7.14. The van der Waals surface area contributed by atoms with Gasteiger partial charge in [0.1, 0.15) is 5.75 Å². The van der Waals surface area contributed by atoms with Crippen LogP contribution >= 0.6 is 11.8 Å². The third kappa shape index (κ3) is 4.13. The Morgan fingerprint density at radius 2 is 2.15 bits per heavy atom. The highest BCUT2D eigenvalue weighted by molar-refractivity contribution is 7.98. The Morgan fingerprint density at radius 3 is 2.80 bits per heavy atom. The summed E-state index contributed by atoms with van der Waals surface area (Å²) in [5.41, 5.74) is 1.50. The Labute approximate surface area is 121 Å². The lowest BCUT2D eigenvalue weighted by Crippen LogP contribution is -2.07. The van der Waals surface area contributed by atoms with E-state index in [0.29, 0.717) is 12.1 Å². The van der Waals surface area contributed by atoms with Crippen LogP contribution in [0, 0.1) is 6.07 Å². The standard InChI is InChI=1S/C15H14F2NOS/c1-20-13-7-8-14(19-15(16)17)11(9-13)10-18-12-5-3-2-4-6-12/h2-5,7-9,15,18H,10H2,1H3. The molecular formula is C15H14F2NOS. The van der Waals surface area contributed by atoms with Gasteiger partial charge in [-0.15, -0.1) is 11.8 Å². The SMILES string of the molecule is CSc1ccc(OC(F)F)c(CNc2[c]cccc2)c1. The van der Waals surface area contributed by atoms with Gasteiger partial charge in [0, 0.05) is 28.8 Å². The number of hydrogen-bond acceptors (Lipinski definition) is 3. The van der Waals surface area contributed by atoms with Crippen molar-refractivity contribution in [2.24, 2.45) is 0 Å². The number of alkyl halides is 2. The smallest absolute Gasteiger partial charge is 0.387 e. The summed E-state index contributed by atoms with van der Waals surface area (Å²) in [7, 11) is 0. The highest BCUT2D eigenvalue weighted by Crippen LogP contribution is 2.27. The minimum Gasteiger partial charge on any atom is -0.434 e. The van der Waals surface area contributed by atoms with E-state index in [1.54, 1.807) is 30.0 Å². The van der Waals surface area contributed by atoms with Crippen molar-refractivity contribution in [1.29, 1.82) is 0 Å². The van der Waals surface area contributed by atoms with Gasteiger partial charge in [-0.2, -0.15) is 8.78 Å². The van der Waals surface area contributed by atoms with Crippen LogP contribution in [-0.4, -0.2) is 12.9 Å². The molecule has 0 fully saturated rings. The lowest BCUT2D eigenvalue weighted by atomic mass is 10.2. The molecule has 1 radical (unpaired) electrons. The molecule has 0 bridgehead atoms. The minimum absolute atomic E-state index is 0.196.